The highest BCUT2D eigenvalue weighted by molar-refractivity contribution is 6.35. The van der Waals surface area contributed by atoms with Gasteiger partial charge in [0, 0.05) is 16.6 Å². The maximum Gasteiger partial charge on any atom is 0.308 e. The Hall–Kier alpha value is -2.37. The average Bonchev–Trinajstić information content (AvgIpc) is 3.11. The van der Waals surface area contributed by atoms with Crippen LogP contribution in [-0.4, -0.2) is 22.6 Å². The lowest BCUT2D eigenvalue weighted by Gasteiger charge is -2.11. The lowest BCUT2D eigenvalue weighted by molar-refractivity contribution is 0.0915. The molecule has 1 N–H and O–H groups in total. The Morgan fingerprint density at radius 3 is 2.65 bits per heavy atom. The van der Waals surface area contributed by atoms with Gasteiger partial charge in [0.15, 0.2) is 0 Å². The number of carbonyl (C=O) groups is 1. The molecule has 0 aliphatic heterocycles. The van der Waals surface area contributed by atoms with E-state index in [9.17, 15) is 4.79 Å². The van der Waals surface area contributed by atoms with E-state index in [1.807, 2.05) is 37.3 Å². The fraction of sp³-hybridized carbons (Fsp3) is 0.211. The Morgan fingerprint density at radius 1 is 1.15 bits per heavy atom. The number of aromatic nitrogens is 2. The van der Waals surface area contributed by atoms with Gasteiger partial charge in [-0.2, -0.15) is 0 Å². The monoisotopic (exact) mass is 389 g/mol. The predicted molar refractivity (Wildman–Crippen MR) is 101 cm³/mol. The molecule has 1 heterocycles. The molecule has 134 valence electrons. The number of carbonyl (C=O) groups excluding carboxylic acids is 1. The molecule has 0 aliphatic carbocycles. The summed E-state index contributed by atoms with van der Waals surface area (Å²) in [7, 11) is 0. The van der Waals surface area contributed by atoms with Crippen molar-refractivity contribution in [2.75, 3.05) is 6.54 Å². The summed E-state index contributed by atoms with van der Waals surface area (Å²) in [5.41, 5.74) is 1.95. The summed E-state index contributed by atoms with van der Waals surface area (Å²) in [4.78, 5) is 12.2. The Labute approximate surface area is 161 Å². The molecule has 3 aromatic rings. The molecule has 1 aromatic heterocycles. The van der Waals surface area contributed by atoms with Gasteiger partial charge in [-0.25, -0.2) is 0 Å². The smallest absolute Gasteiger partial charge is 0.308 e. The molecule has 0 aliphatic rings. The summed E-state index contributed by atoms with van der Waals surface area (Å²) < 4.78 is 5.45. The number of rotatable bonds is 6. The molecule has 0 radical (unpaired) electrons. The van der Waals surface area contributed by atoms with Gasteiger partial charge in [0.05, 0.1) is 6.42 Å². The molecule has 1 atom stereocenters. The Balaban J connectivity index is 1.59. The second kappa shape index (κ2) is 8.34. The lowest BCUT2D eigenvalue weighted by atomic mass is 10.0. The van der Waals surface area contributed by atoms with Gasteiger partial charge >= 0.3 is 11.8 Å². The second-order valence-corrected chi connectivity index (χ2v) is 6.78. The summed E-state index contributed by atoms with van der Waals surface area (Å²) in [5, 5.41) is 11.6. The van der Waals surface area contributed by atoms with E-state index in [-0.39, 0.29) is 11.8 Å². The van der Waals surface area contributed by atoms with Crippen LogP contribution in [0.15, 0.2) is 52.9 Å². The molecular formula is C19H17Cl2N3O2. The Kier molecular flexibility index (Phi) is 5.91. The van der Waals surface area contributed by atoms with Crippen LogP contribution in [0.3, 0.4) is 0 Å². The number of benzene rings is 2. The summed E-state index contributed by atoms with van der Waals surface area (Å²) in [5.74, 6) is 0.0324. The van der Waals surface area contributed by atoms with Gasteiger partial charge in [-0.3, -0.25) is 4.79 Å². The van der Waals surface area contributed by atoms with Crippen molar-refractivity contribution < 1.29 is 9.21 Å². The van der Waals surface area contributed by atoms with Gasteiger partial charge in [0.1, 0.15) is 0 Å². The SMILES string of the molecule is C[C@@H](CNC(=O)c1nnc(Cc2ccc(Cl)cc2Cl)o1)c1ccccc1. The molecule has 0 saturated carbocycles. The van der Waals surface area contributed by atoms with E-state index in [0.717, 1.165) is 11.1 Å². The summed E-state index contributed by atoms with van der Waals surface area (Å²) in [6.45, 7) is 2.51. The first kappa shape index (κ1) is 18.4. The molecule has 7 heteroatoms. The third-order valence-electron chi connectivity index (χ3n) is 3.96. The Bertz CT molecular complexity index is 897. The van der Waals surface area contributed by atoms with Gasteiger partial charge in [-0.1, -0.05) is 66.5 Å². The fourth-order valence-corrected chi connectivity index (χ4v) is 2.94. The number of nitrogens with zero attached hydrogens (tertiary/aromatic N) is 2. The van der Waals surface area contributed by atoms with Crippen molar-refractivity contribution in [2.24, 2.45) is 0 Å². The molecule has 0 unspecified atom stereocenters. The minimum atomic E-state index is -0.395. The van der Waals surface area contributed by atoms with E-state index in [0.29, 0.717) is 28.9 Å². The van der Waals surface area contributed by atoms with Crippen LogP contribution >= 0.6 is 23.2 Å². The minimum absolute atomic E-state index is 0.0645. The third-order valence-corrected chi connectivity index (χ3v) is 4.54. The molecule has 0 spiro atoms. The van der Waals surface area contributed by atoms with Crippen molar-refractivity contribution in [1.29, 1.82) is 0 Å². The number of amides is 1. The van der Waals surface area contributed by atoms with Crippen molar-refractivity contribution >= 4 is 29.1 Å². The van der Waals surface area contributed by atoms with Crippen molar-refractivity contribution in [3.05, 3.63) is 81.5 Å². The summed E-state index contributed by atoms with van der Waals surface area (Å²) in [6.07, 6.45) is 0.330. The maximum absolute atomic E-state index is 12.2. The third kappa shape index (κ3) is 4.62. The molecule has 0 saturated heterocycles. The predicted octanol–water partition coefficient (Wildman–Crippen LogP) is 4.50. The molecule has 0 fully saturated rings. The van der Waals surface area contributed by atoms with Crippen LogP contribution in [-0.2, 0) is 6.42 Å². The first-order valence-corrected chi connectivity index (χ1v) is 8.88. The normalized spacial score (nSPS) is 12.0. The molecule has 0 bridgehead atoms. The highest BCUT2D eigenvalue weighted by atomic mass is 35.5. The molecule has 5 nitrogen and oxygen atoms in total. The topological polar surface area (TPSA) is 68.0 Å². The van der Waals surface area contributed by atoms with Crippen LogP contribution in [0, 0.1) is 0 Å². The van der Waals surface area contributed by atoms with E-state index in [4.69, 9.17) is 27.6 Å². The van der Waals surface area contributed by atoms with E-state index in [1.54, 1.807) is 18.2 Å². The Morgan fingerprint density at radius 2 is 1.92 bits per heavy atom. The van der Waals surface area contributed by atoms with Crippen molar-refractivity contribution in [2.45, 2.75) is 19.3 Å². The fourth-order valence-electron chi connectivity index (χ4n) is 2.47. The first-order chi connectivity index (χ1) is 12.5. The molecule has 3 rings (SSSR count). The number of hydrogen-bond donors (Lipinski definition) is 1. The van der Waals surface area contributed by atoms with E-state index in [2.05, 4.69) is 15.5 Å². The van der Waals surface area contributed by atoms with Gasteiger partial charge < -0.3 is 9.73 Å². The van der Waals surface area contributed by atoms with Gasteiger partial charge in [-0.05, 0) is 29.2 Å². The van der Waals surface area contributed by atoms with Gasteiger partial charge in [-0.15, -0.1) is 10.2 Å². The lowest BCUT2D eigenvalue weighted by Crippen LogP contribution is -2.27. The van der Waals surface area contributed by atoms with Crippen LogP contribution < -0.4 is 5.32 Å². The van der Waals surface area contributed by atoms with Crippen LogP contribution in [0.4, 0.5) is 0 Å². The van der Waals surface area contributed by atoms with Crippen LogP contribution in [0.1, 0.15) is 40.5 Å². The van der Waals surface area contributed by atoms with E-state index < -0.39 is 5.91 Å². The van der Waals surface area contributed by atoms with Crippen LogP contribution in [0.25, 0.3) is 0 Å². The van der Waals surface area contributed by atoms with Gasteiger partial charge in [0.2, 0.25) is 5.89 Å². The highest BCUT2D eigenvalue weighted by Crippen LogP contribution is 2.23. The molecule has 1 amide bonds. The quantitative estimate of drug-likeness (QED) is 0.673. The zero-order chi connectivity index (χ0) is 18.5. The van der Waals surface area contributed by atoms with Crippen LogP contribution in [0.5, 0.6) is 0 Å². The number of halogens is 2. The highest BCUT2D eigenvalue weighted by Gasteiger charge is 2.17. The van der Waals surface area contributed by atoms with Crippen LogP contribution in [0.2, 0.25) is 10.0 Å². The molecule has 26 heavy (non-hydrogen) atoms. The van der Waals surface area contributed by atoms with Crippen molar-refractivity contribution in [3.63, 3.8) is 0 Å². The van der Waals surface area contributed by atoms with E-state index >= 15 is 0 Å². The maximum atomic E-state index is 12.2. The standard InChI is InChI=1S/C19H17Cl2N3O2/c1-12(13-5-3-2-4-6-13)11-22-18(25)19-24-23-17(26-19)9-14-7-8-15(20)10-16(14)21/h2-8,10,12H,9,11H2,1H3,(H,22,25)/t12-/m0/s1. The van der Waals surface area contributed by atoms with E-state index in [1.165, 1.54) is 0 Å². The number of hydrogen-bond acceptors (Lipinski definition) is 4. The van der Waals surface area contributed by atoms with Crippen molar-refractivity contribution in [3.8, 4) is 0 Å². The van der Waals surface area contributed by atoms with Crippen molar-refractivity contribution in [1.82, 2.24) is 15.5 Å². The minimum Gasteiger partial charge on any atom is -0.417 e. The zero-order valence-electron chi connectivity index (χ0n) is 14.1. The summed E-state index contributed by atoms with van der Waals surface area (Å²) in [6, 6.07) is 15.1. The zero-order valence-corrected chi connectivity index (χ0v) is 15.6. The average molecular weight is 390 g/mol. The molecular weight excluding hydrogens is 373 g/mol. The van der Waals surface area contributed by atoms with Gasteiger partial charge in [0.25, 0.3) is 0 Å². The largest absolute Gasteiger partial charge is 0.417 e. The first-order valence-electron chi connectivity index (χ1n) is 8.12. The molecule has 2 aromatic carbocycles. The second-order valence-electron chi connectivity index (χ2n) is 5.94. The number of nitrogens with one attached hydrogen (secondary N) is 1. The summed E-state index contributed by atoms with van der Waals surface area (Å²) >= 11 is 12.0.